The van der Waals surface area contributed by atoms with Crippen LogP contribution in [0.3, 0.4) is 0 Å². The zero-order chi connectivity index (χ0) is 19.6. The van der Waals surface area contributed by atoms with E-state index in [-0.39, 0.29) is 5.91 Å². The number of aromatic amines is 1. The topological polar surface area (TPSA) is 36.1 Å². The largest absolute Gasteiger partial charge is 0.361 e. The molecule has 28 heavy (non-hydrogen) atoms. The van der Waals surface area contributed by atoms with E-state index in [9.17, 15) is 4.79 Å². The molecule has 146 valence electrons. The van der Waals surface area contributed by atoms with Gasteiger partial charge in [0.05, 0.1) is 0 Å². The van der Waals surface area contributed by atoms with Crippen molar-refractivity contribution in [2.75, 3.05) is 13.1 Å². The molecule has 3 nitrogen and oxygen atoms in total. The lowest BCUT2D eigenvalue weighted by atomic mass is 10.1. The number of fused-ring (bicyclic) bond motifs is 1. The van der Waals surface area contributed by atoms with Crippen molar-refractivity contribution in [2.45, 2.75) is 39.0 Å². The van der Waals surface area contributed by atoms with Crippen LogP contribution in [0.1, 0.15) is 43.7 Å². The lowest BCUT2D eigenvalue weighted by Crippen LogP contribution is -2.33. The molecule has 0 atom stereocenters. The molecule has 3 heteroatoms. The second-order valence-corrected chi connectivity index (χ2v) is 7.22. The Kier molecular flexibility index (Phi) is 7.48. The number of amides is 1. The fraction of sp³-hybridized carbons (Fsp3) is 0.320. The minimum atomic E-state index is 0.256. The molecular formula is C25H30N2O. The molecule has 0 saturated carbocycles. The highest BCUT2D eigenvalue weighted by atomic mass is 16.2. The quantitative estimate of drug-likeness (QED) is 0.445. The third kappa shape index (κ3) is 5.59. The van der Waals surface area contributed by atoms with Gasteiger partial charge < -0.3 is 9.88 Å². The van der Waals surface area contributed by atoms with Crippen LogP contribution in [0.2, 0.25) is 0 Å². The molecule has 0 radical (unpaired) electrons. The molecule has 0 bridgehead atoms. The molecule has 0 aliphatic heterocycles. The summed E-state index contributed by atoms with van der Waals surface area (Å²) in [4.78, 5) is 18.1. The Balaban J connectivity index is 1.64. The van der Waals surface area contributed by atoms with Crippen LogP contribution in [-0.2, 0) is 11.2 Å². The predicted octanol–water partition coefficient (Wildman–Crippen LogP) is 5.83. The molecule has 1 N–H and O–H groups in total. The fourth-order valence-corrected chi connectivity index (χ4v) is 3.48. The molecular weight excluding hydrogens is 344 g/mol. The highest BCUT2D eigenvalue weighted by molar-refractivity contribution is 5.83. The van der Waals surface area contributed by atoms with Gasteiger partial charge in [0, 0.05) is 36.6 Å². The van der Waals surface area contributed by atoms with Gasteiger partial charge in [-0.3, -0.25) is 4.79 Å². The molecule has 1 aromatic heterocycles. The Bertz CT molecular complexity index is 895. The minimum absolute atomic E-state index is 0.256. The number of nitrogens with zero attached hydrogens (tertiary/aromatic N) is 1. The minimum Gasteiger partial charge on any atom is -0.361 e. The normalized spacial score (nSPS) is 11.3. The average Bonchev–Trinajstić information content (AvgIpc) is 3.14. The van der Waals surface area contributed by atoms with Crippen LogP contribution >= 0.6 is 0 Å². The predicted molar refractivity (Wildman–Crippen MR) is 118 cm³/mol. The molecule has 0 fully saturated rings. The van der Waals surface area contributed by atoms with Gasteiger partial charge in [-0.15, -0.1) is 0 Å². The van der Waals surface area contributed by atoms with Gasteiger partial charge in [-0.2, -0.15) is 0 Å². The molecule has 3 aromatic rings. The molecule has 1 heterocycles. The maximum atomic E-state index is 12.8. The number of carbonyl (C=O) groups is 1. The first-order chi connectivity index (χ1) is 13.8. The molecule has 0 spiro atoms. The van der Waals surface area contributed by atoms with Crippen molar-refractivity contribution in [3.63, 3.8) is 0 Å². The Morgan fingerprint density at radius 3 is 2.64 bits per heavy atom. The third-order valence-electron chi connectivity index (χ3n) is 5.11. The van der Waals surface area contributed by atoms with Gasteiger partial charge in [0.25, 0.3) is 0 Å². The van der Waals surface area contributed by atoms with Crippen LogP contribution in [0.4, 0.5) is 0 Å². The lowest BCUT2D eigenvalue weighted by molar-refractivity contribution is -0.130. The van der Waals surface area contributed by atoms with Crippen molar-refractivity contribution in [3.8, 4) is 0 Å². The van der Waals surface area contributed by atoms with Crippen molar-refractivity contribution < 1.29 is 4.79 Å². The Labute approximate surface area is 168 Å². The maximum Gasteiger partial charge on any atom is 0.222 e. The van der Waals surface area contributed by atoms with E-state index in [0.717, 1.165) is 43.3 Å². The van der Waals surface area contributed by atoms with Gasteiger partial charge in [0.1, 0.15) is 0 Å². The van der Waals surface area contributed by atoms with E-state index in [1.807, 2.05) is 29.2 Å². The molecule has 0 aliphatic rings. The third-order valence-corrected chi connectivity index (χ3v) is 5.11. The molecule has 2 aromatic carbocycles. The summed E-state index contributed by atoms with van der Waals surface area (Å²) in [7, 11) is 0. The van der Waals surface area contributed by atoms with E-state index >= 15 is 0 Å². The fourth-order valence-electron chi connectivity index (χ4n) is 3.48. The van der Waals surface area contributed by atoms with Crippen molar-refractivity contribution in [1.29, 1.82) is 0 Å². The molecule has 3 rings (SSSR count). The van der Waals surface area contributed by atoms with Crippen LogP contribution in [-0.4, -0.2) is 28.9 Å². The summed E-state index contributed by atoms with van der Waals surface area (Å²) < 4.78 is 0. The summed E-state index contributed by atoms with van der Waals surface area (Å²) in [6, 6.07) is 18.6. The first-order valence-electron chi connectivity index (χ1n) is 10.3. The van der Waals surface area contributed by atoms with Crippen LogP contribution in [0, 0.1) is 0 Å². The first kappa shape index (κ1) is 19.9. The van der Waals surface area contributed by atoms with Crippen LogP contribution < -0.4 is 0 Å². The lowest BCUT2D eigenvalue weighted by Gasteiger charge is -2.21. The average molecular weight is 375 g/mol. The molecule has 0 saturated heterocycles. The van der Waals surface area contributed by atoms with E-state index in [2.05, 4.69) is 60.6 Å². The molecule has 0 aliphatic carbocycles. The smallest absolute Gasteiger partial charge is 0.222 e. The van der Waals surface area contributed by atoms with E-state index in [1.54, 1.807) is 0 Å². The van der Waals surface area contributed by atoms with Crippen LogP contribution in [0.15, 0.2) is 66.9 Å². The second kappa shape index (κ2) is 10.5. The summed E-state index contributed by atoms with van der Waals surface area (Å²) in [5.41, 5.74) is 3.59. The van der Waals surface area contributed by atoms with Gasteiger partial charge >= 0.3 is 0 Å². The molecule has 1 amide bonds. The SMILES string of the molecule is CCCCCC(=O)N(CC=Cc1ccccc1)CCc1c[nH]c2ccccc12. The number of para-hydroxylation sites is 1. The van der Waals surface area contributed by atoms with Crippen molar-refractivity contribution >= 4 is 22.9 Å². The van der Waals surface area contributed by atoms with E-state index in [4.69, 9.17) is 0 Å². The Morgan fingerprint density at radius 2 is 1.82 bits per heavy atom. The number of carbonyl (C=O) groups excluding carboxylic acids is 1. The van der Waals surface area contributed by atoms with Crippen LogP contribution in [0.25, 0.3) is 17.0 Å². The Morgan fingerprint density at radius 1 is 1.04 bits per heavy atom. The number of rotatable bonds is 10. The maximum absolute atomic E-state index is 12.8. The van der Waals surface area contributed by atoms with Gasteiger partial charge in [-0.25, -0.2) is 0 Å². The van der Waals surface area contributed by atoms with Crippen molar-refractivity contribution in [3.05, 3.63) is 78.0 Å². The van der Waals surface area contributed by atoms with Crippen molar-refractivity contribution in [1.82, 2.24) is 9.88 Å². The summed E-state index contributed by atoms with van der Waals surface area (Å²) in [5, 5.41) is 1.25. The van der Waals surface area contributed by atoms with Gasteiger partial charge in [0.2, 0.25) is 5.91 Å². The summed E-state index contributed by atoms with van der Waals surface area (Å²) >= 11 is 0. The van der Waals surface area contributed by atoms with Crippen molar-refractivity contribution in [2.24, 2.45) is 0 Å². The number of H-pyrrole nitrogens is 1. The summed E-state index contributed by atoms with van der Waals surface area (Å²) in [5.74, 6) is 0.256. The number of hydrogen-bond donors (Lipinski definition) is 1. The first-order valence-corrected chi connectivity index (χ1v) is 10.3. The zero-order valence-electron chi connectivity index (χ0n) is 16.7. The Hall–Kier alpha value is -2.81. The monoisotopic (exact) mass is 374 g/mol. The molecule has 0 unspecified atom stereocenters. The van der Waals surface area contributed by atoms with Gasteiger partial charge in [-0.1, -0.05) is 80.4 Å². The standard InChI is InChI=1S/C25H30N2O/c1-2-3-5-16-25(28)27(18-10-13-21-11-6-4-7-12-21)19-17-22-20-26-24-15-9-8-14-23(22)24/h4,6-15,20,26H,2-3,5,16-19H2,1H3. The van der Waals surface area contributed by atoms with E-state index < -0.39 is 0 Å². The summed E-state index contributed by atoms with van der Waals surface area (Å²) in [6.45, 7) is 3.57. The van der Waals surface area contributed by atoms with Crippen LogP contribution in [0.5, 0.6) is 0 Å². The number of unbranched alkanes of at least 4 members (excludes halogenated alkanes) is 2. The van der Waals surface area contributed by atoms with E-state index in [0.29, 0.717) is 13.0 Å². The second-order valence-electron chi connectivity index (χ2n) is 7.22. The highest BCUT2D eigenvalue weighted by Gasteiger charge is 2.13. The van der Waals surface area contributed by atoms with Gasteiger partial charge in [-0.05, 0) is 30.0 Å². The number of nitrogens with one attached hydrogen (secondary N) is 1. The van der Waals surface area contributed by atoms with E-state index in [1.165, 1.54) is 10.9 Å². The van der Waals surface area contributed by atoms with Gasteiger partial charge in [0.15, 0.2) is 0 Å². The number of aromatic nitrogens is 1. The summed E-state index contributed by atoms with van der Waals surface area (Å²) in [6.07, 6.45) is 11.0. The zero-order valence-corrected chi connectivity index (χ0v) is 16.7. The number of hydrogen-bond acceptors (Lipinski definition) is 1. The highest BCUT2D eigenvalue weighted by Crippen LogP contribution is 2.18. The number of benzene rings is 2.